The second-order valence-corrected chi connectivity index (χ2v) is 5.57. The van der Waals surface area contributed by atoms with Gasteiger partial charge < -0.3 is 10.1 Å². The van der Waals surface area contributed by atoms with E-state index in [9.17, 15) is 4.79 Å². The maximum Gasteiger partial charge on any atom is 0.255 e. The van der Waals surface area contributed by atoms with Crippen molar-refractivity contribution in [2.24, 2.45) is 0 Å². The van der Waals surface area contributed by atoms with Crippen LogP contribution in [-0.4, -0.2) is 13.0 Å². The summed E-state index contributed by atoms with van der Waals surface area (Å²) in [5.41, 5.74) is 2.82. The number of aryl methyl sites for hydroxylation is 1. The van der Waals surface area contributed by atoms with Crippen LogP contribution in [0.1, 0.15) is 21.5 Å². The van der Waals surface area contributed by atoms with E-state index in [4.69, 9.17) is 4.74 Å². The van der Waals surface area contributed by atoms with Crippen LogP contribution in [0.5, 0.6) is 5.75 Å². The zero-order valence-electron chi connectivity index (χ0n) is 13.3. The highest BCUT2D eigenvalue weighted by molar-refractivity contribution is 6.01. The zero-order chi connectivity index (χ0) is 16.2. The smallest absolute Gasteiger partial charge is 0.255 e. The van der Waals surface area contributed by atoms with E-state index in [-0.39, 0.29) is 5.91 Å². The largest absolute Gasteiger partial charge is 0.496 e. The minimum atomic E-state index is -0.130. The topological polar surface area (TPSA) is 38.3 Å². The molecule has 0 unspecified atom stereocenters. The quantitative estimate of drug-likeness (QED) is 0.788. The molecule has 0 radical (unpaired) electrons. The van der Waals surface area contributed by atoms with E-state index in [2.05, 4.69) is 11.4 Å². The molecule has 116 valence electrons. The third-order valence-corrected chi connectivity index (χ3v) is 3.85. The molecule has 0 aromatic heterocycles. The van der Waals surface area contributed by atoms with Crippen molar-refractivity contribution >= 4 is 16.7 Å². The van der Waals surface area contributed by atoms with Crippen LogP contribution in [0.25, 0.3) is 10.8 Å². The van der Waals surface area contributed by atoms with Crippen molar-refractivity contribution in [1.29, 1.82) is 0 Å². The normalized spacial score (nSPS) is 10.5. The van der Waals surface area contributed by atoms with Crippen molar-refractivity contribution in [2.45, 2.75) is 13.5 Å². The van der Waals surface area contributed by atoms with E-state index in [1.54, 1.807) is 7.11 Å². The second-order valence-electron chi connectivity index (χ2n) is 5.57. The van der Waals surface area contributed by atoms with E-state index in [0.29, 0.717) is 17.9 Å². The number of ether oxygens (including phenoxy) is 1. The summed E-state index contributed by atoms with van der Waals surface area (Å²) < 4.78 is 5.38. The first-order chi connectivity index (χ1) is 11.2. The molecule has 0 aliphatic heterocycles. The first kappa shape index (κ1) is 15.1. The van der Waals surface area contributed by atoms with Gasteiger partial charge >= 0.3 is 0 Å². The number of fused-ring (bicyclic) bond motifs is 1. The van der Waals surface area contributed by atoms with Crippen LogP contribution in [-0.2, 0) is 6.54 Å². The number of amides is 1. The fraction of sp³-hybridized carbons (Fsp3) is 0.150. The van der Waals surface area contributed by atoms with Crippen LogP contribution in [0.2, 0.25) is 0 Å². The van der Waals surface area contributed by atoms with Gasteiger partial charge in [0.1, 0.15) is 5.75 Å². The first-order valence-corrected chi connectivity index (χ1v) is 7.58. The van der Waals surface area contributed by atoms with Crippen molar-refractivity contribution < 1.29 is 9.53 Å². The predicted octanol–water partition coefficient (Wildman–Crippen LogP) is 4.09. The van der Waals surface area contributed by atoms with Gasteiger partial charge in [0.05, 0.1) is 12.7 Å². The molecule has 0 fully saturated rings. The second kappa shape index (κ2) is 6.53. The SMILES string of the molecule is COc1cc2ccccc2cc1C(=O)NCc1cccc(C)c1. The average molecular weight is 305 g/mol. The molecule has 0 saturated heterocycles. The Bertz CT molecular complexity index is 855. The van der Waals surface area contributed by atoms with Crippen molar-refractivity contribution in [1.82, 2.24) is 5.32 Å². The lowest BCUT2D eigenvalue weighted by Gasteiger charge is -2.11. The van der Waals surface area contributed by atoms with Crippen LogP contribution < -0.4 is 10.1 Å². The number of rotatable bonds is 4. The zero-order valence-corrected chi connectivity index (χ0v) is 13.3. The van der Waals surface area contributed by atoms with Crippen molar-refractivity contribution in [3.8, 4) is 5.75 Å². The molecule has 1 amide bonds. The van der Waals surface area contributed by atoms with Crippen LogP contribution in [0.15, 0.2) is 60.7 Å². The average Bonchev–Trinajstić information content (AvgIpc) is 2.58. The Kier molecular flexibility index (Phi) is 4.29. The summed E-state index contributed by atoms with van der Waals surface area (Å²) in [4.78, 5) is 12.5. The summed E-state index contributed by atoms with van der Waals surface area (Å²) in [6.45, 7) is 2.54. The summed E-state index contributed by atoms with van der Waals surface area (Å²) in [6.07, 6.45) is 0. The van der Waals surface area contributed by atoms with Crippen molar-refractivity contribution in [3.05, 3.63) is 77.4 Å². The fourth-order valence-corrected chi connectivity index (χ4v) is 2.67. The van der Waals surface area contributed by atoms with E-state index >= 15 is 0 Å². The molecule has 0 aliphatic carbocycles. The minimum Gasteiger partial charge on any atom is -0.496 e. The minimum absolute atomic E-state index is 0.130. The number of nitrogens with one attached hydrogen (secondary N) is 1. The lowest BCUT2D eigenvalue weighted by atomic mass is 10.1. The Balaban J connectivity index is 1.85. The highest BCUT2D eigenvalue weighted by atomic mass is 16.5. The predicted molar refractivity (Wildman–Crippen MR) is 92.8 cm³/mol. The van der Waals surface area contributed by atoms with Crippen LogP contribution in [0.3, 0.4) is 0 Å². The molecule has 0 saturated carbocycles. The molecule has 3 heteroatoms. The van der Waals surface area contributed by atoms with Gasteiger partial charge in [-0.1, -0.05) is 54.1 Å². The fourth-order valence-electron chi connectivity index (χ4n) is 2.67. The number of hydrogen-bond acceptors (Lipinski definition) is 2. The molecule has 1 N–H and O–H groups in total. The van der Waals surface area contributed by atoms with Gasteiger partial charge in [0, 0.05) is 6.54 Å². The molecule has 0 spiro atoms. The highest BCUT2D eigenvalue weighted by Crippen LogP contribution is 2.26. The Hall–Kier alpha value is -2.81. The molecule has 0 heterocycles. The van der Waals surface area contributed by atoms with Gasteiger partial charge in [-0.2, -0.15) is 0 Å². The number of carbonyl (C=O) groups excluding carboxylic acids is 1. The maximum atomic E-state index is 12.5. The number of carbonyl (C=O) groups is 1. The summed E-state index contributed by atoms with van der Waals surface area (Å²) in [7, 11) is 1.58. The summed E-state index contributed by atoms with van der Waals surface area (Å²) >= 11 is 0. The van der Waals surface area contributed by atoms with Crippen molar-refractivity contribution in [3.63, 3.8) is 0 Å². The van der Waals surface area contributed by atoms with E-state index < -0.39 is 0 Å². The van der Waals surface area contributed by atoms with Crippen LogP contribution in [0, 0.1) is 6.92 Å². The molecule has 0 aliphatic rings. The van der Waals surface area contributed by atoms with E-state index in [1.807, 2.05) is 61.5 Å². The summed E-state index contributed by atoms with van der Waals surface area (Å²) in [5, 5.41) is 5.04. The molecular weight excluding hydrogens is 286 g/mol. The number of benzene rings is 3. The molecule has 0 atom stereocenters. The Morgan fingerprint density at radius 1 is 1.00 bits per heavy atom. The first-order valence-electron chi connectivity index (χ1n) is 7.58. The highest BCUT2D eigenvalue weighted by Gasteiger charge is 2.13. The molecular formula is C20H19NO2. The van der Waals surface area contributed by atoms with Gasteiger partial charge in [-0.25, -0.2) is 0 Å². The monoisotopic (exact) mass is 305 g/mol. The molecule has 3 aromatic rings. The molecule has 0 bridgehead atoms. The number of hydrogen-bond donors (Lipinski definition) is 1. The third kappa shape index (κ3) is 3.34. The Morgan fingerprint density at radius 3 is 2.43 bits per heavy atom. The molecule has 3 aromatic carbocycles. The lowest BCUT2D eigenvalue weighted by molar-refractivity contribution is 0.0948. The Morgan fingerprint density at radius 2 is 1.74 bits per heavy atom. The summed E-state index contributed by atoms with van der Waals surface area (Å²) in [6, 6.07) is 19.8. The van der Waals surface area contributed by atoms with Gasteiger partial charge in [-0.05, 0) is 35.4 Å². The van der Waals surface area contributed by atoms with Gasteiger partial charge in [0.15, 0.2) is 0 Å². The van der Waals surface area contributed by atoms with Gasteiger partial charge in [0.25, 0.3) is 5.91 Å². The summed E-state index contributed by atoms with van der Waals surface area (Å²) in [5.74, 6) is 0.458. The molecule has 3 rings (SSSR count). The van der Waals surface area contributed by atoms with E-state index in [0.717, 1.165) is 16.3 Å². The van der Waals surface area contributed by atoms with Crippen molar-refractivity contribution in [2.75, 3.05) is 7.11 Å². The van der Waals surface area contributed by atoms with Crippen LogP contribution in [0.4, 0.5) is 0 Å². The Labute approximate surface area is 135 Å². The molecule has 3 nitrogen and oxygen atoms in total. The molecule has 23 heavy (non-hydrogen) atoms. The third-order valence-electron chi connectivity index (χ3n) is 3.85. The standard InChI is InChI=1S/C20H19NO2/c1-14-6-5-7-15(10-14)13-21-20(22)18-11-16-8-3-4-9-17(16)12-19(18)23-2/h3-12H,13H2,1-2H3,(H,21,22). The van der Waals surface area contributed by atoms with E-state index in [1.165, 1.54) is 5.56 Å². The lowest BCUT2D eigenvalue weighted by Crippen LogP contribution is -2.23. The van der Waals surface area contributed by atoms with Gasteiger partial charge in [-0.3, -0.25) is 4.79 Å². The number of methoxy groups -OCH3 is 1. The maximum absolute atomic E-state index is 12.5. The van der Waals surface area contributed by atoms with Gasteiger partial charge in [-0.15, -0.1) is 0 Å². The van der Waals surface area contributed by atoms with Crippen LogP contribution >= 0.6 is 0 Å². The van der Waals surface area contributed by atoms with Gasteiger partial charge in [0.2, 0.25) is 0 Å².